The minimum Gasteiger partial charge on any atom is -0.496 e. The molecule has 0 aliphatic heterocycles. The minimum atomic E-state index is 0.0193. The van der Waals surface area contributed by atoms with Crippen LogP contribution in [0.1, 0.15) is 22.9 Å². The predicted molar refractivity (Wildman–Crippen MR) is 75.0 cm³/mol. The Bertz CT molecular complexity index is 536. The zero-order chi connectivity index (χ0) is 13.1. The van der Waals surface area contributed by atoms with Crippen molar-refractivity contribution >= 4 is 15.9 Å². The number of rotatable bonds is 4. The van der Waals surface area contributed by atoms with Crippen molar-refractivity contribution in [3.63, 3.8) is 0 Å². The lowest BCUT2D eigenvalue weighted by Crippen LogP contribution is -2.17. The van der Waals surface area contributed by atoms with Gasteiger partial charge in [0.1, 0.15) is 11.5 Å². The smallest absolute Gasteiger partial charge is 0.169 e. The van der Waals surface area contributed by atoms with E-state index in [0.29, 0.717) is 0 Å². The molecule has 1 atom stereocenters. The van der Waals surface area contributed by atoms with Gasteiger partial charge in [0.15, 0.2) is 4.67 Å². The van der Waals surface area contributed by atoms with E-state index in [1.54, 1.807) is 7.11 Å². The molecule has 0 saturated carbocycles. The number of halogens is 1. The lowest BCUT2D eigenvalue weighted by atomic mass is 10.0. The van der Waals surface area contributed by atoms with Crippen molar-refractivity contribution in [2.75, 3.05) is 14.2 Å². The van der Waals surface area contributed by atoms with Gasteiger partial charge >= 0.3 is 0 Å². The van der Waals surface area contributed by atoms with Crippen molar-refractivity contribution in [1.82, 2.24) is 5.32 Å². The van der Waals surface area contributed by atoms with Gasteiger partial charge in [-0.15, -0.1) is 0 Å². The van der Waals surface area contributed by atoms with E-state index in [4.69, 9.17) is 9.15 Å². The summed E-state index contributed by atoms with van der Waals surface area (Å²) in [5.41, 5.74) is 2.23. The van der Waals surface area contributed by atoms with E-state index in [1.165, 1.54) is 0 Å². The van der Waals surface area contributed by atoms with Crippen molar-refractivity contribution in [3.8, 4) is 5.75 Å². The van der Waals surface area contributed by atoms with Crippen molar-refractivity contribution in [2.45, 2.75) is 13.0 Å². The molecule has 0 radical (unpaired) electrons. The molecule has 1 N–H and O–H groups in total. The zero-order valence-electron chi connectivity index (χ0n) is 10.7. The number of hydrogen-bond acceptors (Lipinski definition) is 3. The number of furan rings is 1. The van der Waals surface area contributed by atoms with Crippen LogP contribution in [-0.2, 0) is 0 Å². The third-order valence-corrected chi connectivity index (χ3v) is 3.36. The largest absolute Gasteiger partial charge is 0.496 e. The SMILES string of the molecule is CNC(c1ccc(C)c(OC)c1)c1ccc(Br)o1. The molecule has 96 valence electrons. The molecule has 2 aromatic rings. The van der Waals surface area contributed by atoms with Gasteiger partial charge in [0.05, 0.1) is 13.2 Å². The summed E-state index contributed by atoms with van der Waals surface area (Å²) in [4.78, 5) is 0. The van der Waals surface area contributed by atoms with Crippen LogP contribution in [0.3, 0.4) is 0 Å². The van der Waals surface area contributed by atoms with E-state index >= 15 is 0 Å². The Kier molecular flexibility index (Phi) is 4.09. The first kappa shape index (κ1) is 13.2. The van der Waals surface area contributed by atoms with Crippen molar-refractivity contribution < 1.29 is 9.15 Å². The number of aryl methyl sites for hydroxylation is 1. The highest BCUT2D eigenvalue weighted by molar-refractivity contribution is 9.10. The Morgan fingerprint density at radius 3 is 2.61 bits per heavy atom. The first-order chi connectivity index (χ1) is 8.65. The van der Waals surface area contributed by atoms with Gasteiger partial charge in [-0.2, -0.15) is 0 Å². The molecule has 4 heteroatoms. The summed E-state index contributed by atoms with van der Waals surface area (Å²) in [7, 11) is 3.59. The van der Waals surface area contributed by atoms with E-state index in [0.717, 1.165) is 27.3 Å². The predicted octanol–water partition coefficient (Wildman–Crippen LogP) is 3.67. The Labute approximate surface area is 115 Å². The third kappa shape index (κ3) is 2.60. The maximum absolute atomic E-state index is 5.61. The Morgan fingerprint density at radius 2 is 2.06 bits per heavy atom. The van der Waals surface area contributed by atoms with Gasteiger partial charge in [0.2, 0.25) is 0 Å². The zero-order valence-corrected chi connectivity index (χ0v) is 12.2. The van der Waals surface area contributed by atoms with E-state index < -0.39 is 0 Å². The first-order valence-electron chi connectivity index (χ1n) is 5.72. The Hall–Kier alpha value is -1.26. The molecule has 0 spiro atoms. The summed E-state index contributed by atoms with van der Waals surface area (Å²) in [5, 5.41) is 3.25. The highest BCUT2D eigenvalue weighted by atomic mass is 79.9. The van der Waals surface area contributed by atoms with E-state index in [1.807, 2.05) is 32.2 Å². The van der Waals surface area contributed by atoms with Crippen LogP contribution < -0.4 is 10.1 Å². The fourth-order valence-corrected chi connectivity index (χ4v) is 2.29. The van der Waals surface area contributed by atoms with Crippen LogP contribution in [0.2, 0.25) is 0 Å². The molecule has 1 aromatic carbocycles. The van der Waals surface area contributed by atoms with Crippen LogP contribution in [0.4, 0.5) is 0 Å². The van der Waals surface area contributed by atoms with Crippen LogP contribution in [-0.4, -0.2) is 14.2 Å². The molecule has 0 saturated heterocycles. The van der Waals surface area contributed by atoms with Crippen LogP contribution in [0.5, 0.6) is 5.75 Å². The summed E-state index contributed by atoms with van der Waals surface area (Å²) in [5.74, 6) is 1.76. The molecular formula is C14H16BrNO2. The molecule has 0 aliphatic rings. The summed E-state index contributed by atoms with van der Waals surface area (Å²) in [6.07, 6.45) is 0. The van der Waals surface area contributed by atoms with Crippen molar-refractivity contribution in [1.29, 1.82) is 0 Å². The number of hydrogen-bond donors (Lipinski definition) is 1. The van der Waals surface area contributed by atoms with Gasteiger partial charge in [-0.3, -0.25) is 0 Å². The fraction of sp³-hybridized carbons (Fsp3) is 0.286. The second-order valence-electron chi connectivity index (χ2n) is 4.09. The molecule has 1 unspecified atom stereocenters. The highest BCUT2D eigenvalue weighted by Gasteiger charge is 2.16. The van der Waals surface area contributed by atoms with Gasteiger partial charge in [0.25, 0.3) is 0 Å². The topological polar surface area (TPSA) is 34.4 Å². The monoisotopic (exact) mass is 309 g/mol. The molecule has 0 amide bonds. The lowest BCUT2D eigenvalue weighted by Gasteiger charge is -2.16. The molecular weight excluding hydrogens is 294 g/mol. The summed E-state index contributed by atoms with van der Waals surface area (Å²) in [6, 6.07) is 10.0. The quantitative estimate of drug-likeness (QED) is 0.935. The normalized spacial score (nSPS) is 12.4. The van der Waals surface area contributed by atoms with Crippen LogP contribution >= 0.6 is 15.9 Å². The number of ether oxygens (including phenoxy) is 1. The van der Waals surface area contributed by atoms with Gasteiger partial charge in [-0.1, -0.05) is 12.1 Å². The standard InChI is InChI=1S/C14H16BrNO2/c1-9-4-5-10(8-12(9)17-3)14(16-2)11-6-7-13(15)18-11/h4-8,14,16H,1-3H3. The highest BCUT2D eigenvalue weighted by Crippen LogP contribution is 2.29. The van der Waals surface area contributed by atoms with Crippen LogP contribution in [0, 0.1) is 6.92 Å². The first-order valence-corrected chi connectivity index (χ1v) is 6.52. The maximum Gasteiger partial charge on any atom is 0.169 e. The van der Waals surface area contributed by atoms with Gasteiger partial charge < -0.3 is 14.5 Å². The Morgan fingerprint density at radius 1 is 1.28 bits per heavy atom. The third-order valence-electron chi connectivity index (χ3n) is 2.93. The summed E-state index contributed by atoms with van der Waals surface area (Å²) < 4.78 is 11.7. The molecule has 1 heterocycles. The molecule has 3 nitrogen and oxygen atoms in total. The average molecular weight is 310 g/mol. The molecule has 0 bridgehead atoms. The van der Waals surface area contributed by atoms with Gasteiger partial charge in [-0.25, -0.2) is 0 Å². The average Bonchev–Trinajstić information content (AvgIpc) is 2.79. The number of benzene rings is 1. The van der Waals surface area contributed by atoms with E-state index in [-0.39, 0.29) is 6.04 Å². The summed E-state index contributed by atoms with van der Waals surface area (Å²) >= 11 is 3.32. The second-order valence-corrected chi connectivity index (χ2v) is 4.87. The lowest BCUT2D eigenvalue weighted by molar-refractivity contribution is 0.409. The van der Waals surface area contributed by atoms with Crippen molar-refractivity contribution in [3.05, 3.63) is 51.9 Å². The number of methoxy groups -OCH3 is 1. The van der Waals surface area contributed by atoms with Crippen LogP contribution in [0.15, 0.2) is 39.4 Å². The molecule has 0 aliphatic carbocycles. The second kappa shape index (κ2) is 5.59. The van der Waals surface area contributed by atoms with Gasteiger partial charge in [0, 0.05) is 0 Å². The fourth-order valence-electron chi connectivity index (χ4n) is 1.97. The molecule has 1 aromatic heterocycles. The molecule has 18 heavy (non-hydrogen) atoms. The van der Waals surface area contributed by atoms with E-state index in [2.05, 4.69) is 33.4 Å². The van der Waals surface area contributed by atoms with E-state index in [9.17, 15) is 0 Å². The van der Waals surface area contributed by atoms with Gasteiger partial charge in [-0.05, 0) is 59.2 Å². The number of nitrogens with one attached hydrogen (secondary N) is 1. The minimum absolute atomic E-state index is 0.0193. The molecule has 2 rings (SSSR count). The maximum atomic E-state index is 5.61. The molecule has 0 fully saturated rings. The van der Waals surface area contributed by atoms with Crippen LogP contribution in [0.25, 0.3) is 0 Å². The summed E-state index contributed by atoms with van der Waals surface area (Å²) in [6.45, 7) is 2.03. The Balaban J connectivity index is 2.38. The van der Waals surface area contributed by atoms with Crippen molar-refractivity contribution in [2.24, 2.45) is 0 Å².